The Morgan fingerprint density at radius 2 is 2.08 bits per heavy atom. The van der Waals surface area contributed by atoms with Crippen molar-refractivity contribution in [2.45, 2.75) is 6.92 Å². The smallest absolute Gasteiger partial charge is 0.260 e. The zero-order chi connectivity index (χ0) is 8.97. The van der Waals surface area contributed by atoms with E-state index in [0.29, 0.717) is 5.57 Å². The van der Waals surface area contributed by atoms with E-state index < -0.39 is 0 Å². The second kappa shape index (κ2) is 4.52. The second-order valence-electron chi connectivity index (χ2n) is 2.82. The lowest BCUT2D eigenvalue weighted by Gasteiger charge is -2.26. The minimum absolute atomic E-state index is 0.0677. The maximum Gasteiger partial charge on any atom is 0.260 e. The monoisotopic (exact) mass is 186 g/mol. The van der Waals surface area contributed by atoms with Crippen molar-refractivity contribution in [3.8, 4) is 0 Å². The molecule has 0 aliphatic carbocycles. The summed E-state index contributed by atoms with van der Waals surface area (Å²) in [6.07, 6.45) is 0. The molecule has 0 unspecified atom stereocenters. The summed E-state index contributed by atoms with van der Waals surface area (Å²) in [4.78, 5) is 11.2. The predicted octanol–water partition coefficient (Wildman–Crippen LogP) is 0.642. The van der Waals surface area contributed by atoms with Crippen LogP contribution in [-0.4, -0.2) is 35.5 Å². The summed E-state index contributed by atoms with van der Waals surface area (Å²) >= 11 is 1.92. The van der Waals surface area contributed by atoms with Gasteiger partial charge in [0.25, 0.3) is 5.91 Å². The topological polar surface area (TPSA) is 32.3 Å². The van der Waals surface area contributed by atoms with Crippen LogP contribution in [0.2, 0.25) is 0 Å². The minimum Gasteiger partial charge on any atom is -0.285 e. The van der Waals surface area contributed by atoms with Gasteiger partial charge < -0.3 is 0 Å². The Morgan fingerprint density at radius 1 is 1.50 bits per heavy atom. The molecular weight excluding hydrogens is 172 g/mol. The molecule has 3 nitrogen and oxygen atoms in total. The summed E-state index contributed by atoms with van der Waals surface area (Å²) in [5.74, 6) is 2.12. The van der Waals surface area contributed by atoms with Crippen LogP contribution in [0.5, 0.6) is 0 Å². The molecule has 0 bridgehead atoms. The van der Waals surface area contributed by atoms with Crippen LogP contribution in [0.1, 0.15) is 6.92 Å². The molecule has 0 atom stereocenters. The number of hydrazine groups is 1. The van der Waals surface area contributed by atoms with Crippen molar-refractivity contribution >= 4 is 17.7 Å². The molecule has 1 N–H and O–H groups in total. The molecule has 0 aromatic heterocycles. The maximum absolute atomic E-state index is 11.2. The number of hydrogen-bond donors (Lipinski definition) is 1. The minimum atomic E-state index is -0.0677. The summed E-state index contributed by atoms with van der Waals surface area (Å²) < 4.78 is 0. The molecule has 0 aromatic rings. The summed E-state index contributed by atoms with van der Waals surface area (Å²) in [6, 6.07) is 0. The highest BCUT2D eigenvalue weighted by Crippen LogP contribution is 2.06. The van der Waals surface area contributed by atoms with E-state index in [9.17, 15) is 4.79 Å². The number of hydrogen-bond acceptors (Lipinski definition) is 3. The van der Waals surface area contributed by atoms with Crippen LogP contribution in [0.25, 0.3) is 0 Å². The Kier molecular flexibility index (Phi) is 3.62. The SMILES string of the molecule is C=C(C)C(=O)NN1CCSCC1. The van der Waals surface area contributed by atoms with E-state index in [1.807, 2.05) is 16.8 Å². The average molecular weight is 186 g/mol. The van der Waals surface area contributed by atoms with Crippen LogP contribution < -0.4 is 5.43 Å². The van der Waals surface area contributed by atoms with Crippen molar-refractivity contribution in [3.05, 3.63) is 12.2 Å². The van der Waals surface area contributed by atoms with Crippen LogP contribution >= 0.6 is 11.8 Å². The second-order valence-corrected chi connectivity index (χ2v) is 4.05. The number of carbonyl (C=O) groups excluding carboxylic acids is 1. The zero-order valence-electron chi connectivity index (χ0n) is 7.30. The molecule has 1 heterocycles. The van der Waals surface area contributed by atoms with E-state index in [-0.39, 0.29) is 5.91 Å². The molecule has 0 radical (unpaired) electrons. The Morgan fingerprint density at radius 3 is 2.58 bits per heavy atom. The number of thioether (sulfide) groups is 1. The third-order valence-electron chi connectivity index (χ3n) is 1.66. The highest BCUT2D eigenvalue weighted by atomic mass is 32.2. The normalized spacial score (nSPS) is 18.8. The average Bonchev–Trinajstić information content (AvgIpc) is 2.06. The third kappa shape index (κ3) is 2.87. The van der Waals surface area contributed by atoms with Gasteiger partial charge in [-0.2, -0.15) is 11.8 Å². The van der Waals surface area contributed by atoms with Gasteiger partial charge in [-0.3, -0.25) is 10.2 Å². The highest BCUT2D eigenvalue weighted by Gasteiger charge is 2.12. The van der Waals surface area contributed by atoms with Gasteiger partial charge in [0.15, 0.2) is 0 Å². The molecule has 1 aliphatic heterocycles. The first-order valence-electron chi connectivity index (χ1n) is 3.99. The van der Waals surface area contributed by atoms with Crippen molar-refractivity contribution in [1.29, 1.82) is 0 Å². The van der Waals surface area contributed by atoms with Crippen LogP contribution in [0, 0.1) is 0 Å². The third-order valence-corrected chi connectivity index (χ3v) is 2.60. The predicted molar refractivity (Wildman–Crippen MR) is 51.9 cm³/mol. The van der Waals surface area contributed by atoms with Crippen LogP contribution in [0.4, 0.5) is 0 Å². The molecule has 0 spiro atoms. The van der Waals surface area contributed by atoms with Crippen LogP contribution in [-0.2, 0) is 4.79 Å². The van der Waals surface area contributed by atoms with E-state index in [2.05, 4.69) is 12.0 Å². The first-order valence-corrected chi connectivity index (χ1v) is 5.15. The van der Waals surface area contributed by atoms with E-state index in [0.717, 1.165) is 24.6 Å². The number of rotatable bonds is 2. The number of carbonyl (C=O) groups is 1. The van der Waals surface area contributed by atoms with Gasteiger partial charge >= 0.3 is 0 Å². The largest absolute Gasteiger partial charge is 0.285 e. The van der Waals surface area contributed by atoms with Crippen molar-refractivity contribution in [3.63, 3.8) is 0 Å². The Labute approximate surface area is 77.2 Å². The fourth-order valence-electron chi connectivity index (χ4n) is 0.914. The fourth-order valence-corrected chi connectivity index (χ4v) is 1.82. The molecule has 1 rings (SSSR count). The van der Waals surface area contributed by atoms with Gasteiger partial charge in [-0.05, 0) is 6.92 Å². The molecule has 1 saturated heterocycles. The van der Waals surface area contributed by atoms with Gasteiger partial charge in [-0.15, -0.1) is 0 Å². The van der Waals surface area contributed by atoms with Gasteiger partial charge in [0.2, 0.25) is 0 Å². The zero-order valence-corrected chi connectivity index (χ0v) is 8.12. The van der Waals surface area contributed by atoms with E-state index in [4.69, 9.17) is 0 Å². The molecule has 1 amide bonds. The molecule has 1 fully saturated rings. The highest BCUT2D eigenvalue weighted by molar-refractivity contribution is 7.99. The summed E-state index contributed by atoms with van der Waals surface area (Å²) in [5, 5.41) is 1.95. The fraction of sp³-hybridized carbons (Fsp3) is 0.625. The Bertz CT molecular complexity index is 187. The molecule has 0 saturated carbocycles. The van der Waals surface area contributed by atoms with Crippen LogP contribution in [0.3, 0.4) is 0 Å². The standard InChI is InChI=1S/C8H14N2OS/c1-7(2)8(11)9-10-3-5-12-6-4-10/h1,3-6H2,2H3,(H,9,11). The summed E-state index contributed by atoms with van der Waals surface area (Å²) in [5.41, 5.74) is 3.36. The number of amides is 1. The lowest BCUT2D eigenvalue weighted by molar-refractivity contribution is -0.121. The van der Waals surface area contributed by atoms with Crippen molar-refractivity contribution in [2.75, 3.05) is 24.6 Å². The summed E-state index contributed by atoms with van der Waals surface area (Å²) in [6.45, 7) is 7.16. The molecule has 12 heavy (non-hydrogen) atoms. The molecule has 0 aromatic carbocycles. The Hall–Kier alpha value is -0.480. The molecule has 68 valence electrons. The van der Waals surface area contributed by atoms with Gasteiger partial charge in [-0.1, -0.05) is 6.58 Å². The number of nitrogens with one attached hydrogen (secondary N) is 1. The van der Waals surface area contributed by atoms with Crippen molar-refractivity contribution in [2.24, 2.45) is 0 Å². The lowest BCUT2D eigenvalue weighted by atomic mass is 10.3. The van der Waals surface area contributed by atoms with Crippen molar-refractivity contribution in [1.82, 2.24) is 10.4 Å². The van der Waals surface area contributed by atoms with Crippen LogP contribution in [0.15, 0.2) is 12.2 Å². The first kappa shape index (κ1) is 9.61. The quantitative estimate of drug-likeness (QED) is 0.642. The molecule has 4 heteroatoms. The van der Waals surface area contributed by atoms with E-state index in [1.54, 1.807) is 6.92 Å². The lowest BCUT2D eigenvalue weighted by Crippen LogP contribution is -2.46. The van der Waals surface area contributed by atoms with Gasteiger partial charge in [0.05, 0.1) is 0 Å². The van der Waals surface area contributed by atoms with Crippen molar-refractivity contribution < 1.29 is 4.79 Å². The Balaban J connectivity index is 2.29. The summed E-state index contributed by atoms with van der Waals surface area (Å²) in [7, 11) is 0. The maximum atomic E-state index is 11.2. The number of nitrogens with zero attached hydrogens (tertiary/aromatic N) is 1. The van der Waals surface area contributed by atoms with Gasteiger partial charge in [-0.25, -0.2) is 5.01 Å². The van der Waals surface area contributed by atoms with Gasteiger partial charge in [0.1, 0.15) is 0 Å². The van der Waals surface area contributed by atoms with Gasteiger partial charge in [0, 0.05) is 30.2 Å². The van der Waals surface area contributed by atoms with E-state index >= 15 is 0 Å². The van der Waals surface area contributed by atoms with E-state index in [1.165, 1.54) is 0 Å². The first-order chi connectivity index (χ1) is 5.70. The molecular formula is C8H14N2OS. The molecule has 1 aliphatic rings.